The molecule has 1 atom stereocenters. The highest BCUT2D eigenvalue weighted by atomic mass is 35.5. The van der Waals surface area contributed by atoms with E-state index in [1.165, 1.54) is 9.90 Å². The molecule has 0 aliphatic carbocycles. The van der Waals surface area contributed by atoms with Gasteiger partial charge in [-0.15, -0.1) is 11.8 Å². The molecule has 0 saturated heterocycles. The Labute approximate surface area is 210 Å². The van der Waals surface area contributed by atoms with Gasteiger partial charge in [0.25, 0.3) is 0 Å². The van der Waals surface area contributed by atoms with Crippen molar-refractivity contribution < 1.29 is 9.53 Å². The van der Waals surface area contributed by atoms with E-state index in [-0.39, 0.29) is 18.1 Å². The van der Waals surface area contributed by atoms with Crippen LogP contribution in [-0.2, 0) is 0 Å². The first-order valence-electron chi connectivity index (χ1n) is 11.4. The molecule has 5 nitrogen and oxygen atoms in total. The molecule has 34 heavy (non-hydrogen) atoms. The Hall–Kier alpha value is -2.96. The van der Waals surface area contributed by atoms with Crippen molar-refractivity contribution in [3.05, 3.63) is 89.4 Å². The average molecular weight is 494 g/mol. The Morgan fingerprint density at radius 1 is 1.09 bits per heavy atom. The van der Waals surface area contributed by atoms with Gasteiger partial charge in [0.05, 0.1) is 18.4 Å². The van der Waals surface area contributed by atoms with E-state index in [9.17, 15) is 4.79 Å². The summed E-state index contributed by atoms with van der Waals surface area (Å²) < 4.78 is 5.67. The van der Waals surface area contributed by atoms with Gasteiger partial charge in [0.15, 0.2) is 0 Å². The minimum absolute atomic E-state index is 0.0997. The summed E-state index contributed by atoms with van der Waals surface area (Å²) in [5, 5.41) is 9.86. The van der Waals surface area contributed by atoms with Crippen molar-refractivity contribution in [2.75, 3.05) is 17.6 Å². The molecule has 2 amide bonds. The fraction of sp³-hybridized carbons (Fsp3) is 0.259. The van der Waals surface area contributed by atoms with Gasteiger partial charge in [-0.1, -0.05) is 41.9 Å². The maximum atomic E-state index is 13.0. The summed E-state index contributed by atoms with van der Waals surface area (Å²) >= 11 is 7.91. The maximum Gasteiger partial charge on any atom is 0.342 e. The molecule has 1 aliphatic rings. The van der Waals surface area contributed by atoms with Gasteiger partial charge >= 0.3 is 6.03 Å². The summed E-state index contributed by atoms with van der Waals surface area (Å²) in [6.07, 6.45) is 1.01. The van der Waals surface area contributed by atoms with Crippen LogP contribution in [0.1, 0.15) is 25.8 Å². The predicted octanol–water partition coefficient (Wildman–Crippen LogP) is 7.18. The molecule has 0 spiro atoms. The number of hydrogen-bond donors (Lipinski definition) is 1. The van der Waals surface area contributed by atoms with E-state index in [1.807, 2.05) is 92.3 Å². The number of anilines is 1. The lowest BCUT2D eigenvalue weighted by Gasteiger charge is -2.16. The molecule has 176 valence electrons. The SMILES string of the molecule is CC(C)Oc1ccc(NC(=O)N2CC(CCSc3ccccc3)C(c3ccc(Cl)cc3)=N2)cc1. The fourth-order valence-corrected chi connectivity index (χ4v) is 4.84. The topological polar surface area (TPSA) is 53.9 Å². The van der Waals surface area contributed by atoms with Crippen LogP contribution in [0.4, 0.5) is 10.5 Å². The number of hydrogen-bond acceptors (Lipinski definition) is 4. The number of hydrazone groups is 1. The third-order valence-corrected chi connectivity index (χ3v) is 6.64. The molecule has 3 aromatic carbocycles. The van der Waals surface area contributed by atoms with Crippen LogP contribution in [0.2, 0.25) is 5.02 Å². The number of amides is 2. The van der Waals surface area contributed by atoms with Crippen LogP contribution in [-0.4, -0.2) is 35.2 Å². The molecule has 7 heteroatoms. The van der Waals surface area contributed by atoms with Crippen molar-refractivity contribution in [1.29, 1.82) is 0 Å². The molecule has 4 rings (SSSR count). The van der Waals surface area contributed by atoms with Crippen LogP contribution in [0, 0.1) is 5.92 Å². The van der Waals surface area contributed by atoms with Crippen LogP contribution < -0.4 is 10.1 Å². The standard InChI is InChI=1S/C27H28ClN3O2S/c1-19(2)33-24-14-12-23(13-15-24)29-27(32)31-18-21(16-17-34-25-6-4-3-5-7-25)26(30-31)20-8-10-22(28)11-9-20/h3-15,19,21H,16-18H2,1-2H3,(H,29,32). The lowest BCUT2D eigenvalue weighted by Crippen LogP contribution is -2.30. The van der Waals surface area contributed by atoms with Gasteiger partial charge in [0, 0.05) is 21.5 Å². The lowest BCUT2D eigenvalue weighted by molar-refractivity contribution is 0.215. The van der Waals surface area contributed by atoms with Gasteiger partial charge in [0.2, 0.25) is 0 Å². The van der Waals surface area contributed by atoms with Crippen molar-refractivity contribution in [1.82, 2.24) is 5.01 Å². The third-order valence-electron chi connectivity index (χ3n) is 5.34. The number of nitrogens with zero attached hydrogens (tertiary/aromatic N) is 2. The minimum atomic E-state index is -0.248. The molecule has 3 aromatic rings. The molecule has 1 aliphatic heterocycles. The van der Waals surface area contributed by atoms with Gasteiger partial charge in [-0.2, -0.15) is 5.10 Å². The molecule has 0 bridgehead atoms. The number of urea groups is 1. The number of halogens is 1. The molecular weight excluding hydrogens is 466 g/mol. The molecule has 1 N–H and O–H groups in total. The zero-order valence-electron chi connectivity index (χ0n) is 19.3. The predicted molar refractivity (Wildman–Crippen MR) is 141 cm³/mol. The average Bonchev–Trinajstić information content (AvgIpc) is 3.25. The molecule has 0 saturated carbocycles. The van der Waals surface area contributed by atoms with Crippen LogP contribution >= 0.6 is 23.4 Å². The quantitative estimate of drug-likeness (QED) is 0.338. The third kappa shape index (κ3) is 6.55. The summed E-state index contributed by atoms with van der Waals surface area (Å²) in [5.41, 5.74) is 2.61. The maximum absolute atomic E-state index is 13.0. The molecule has 0 radical (unpaired) electrons. The molecular formula is C27H28ClN3O2S. The van der Waals surface area contributed by atoms with Crippen LogP contribution in [0.15, 0.2) is 88.9 Å². The number of benzene rings is 3. The van der Waals surface area contributed by atoms with Crippen molar-refractivity contribution in [3.8, 4) is 5.75 Å². The smallest absolute Gasteiger partial charge is 0.342 e. The number of carbonyl (C=O) groups is 1. The van der Waals surface area contributed by atoms with E-state index in [0.717, 1.165) is 29.2 Å². The zero-order valence-corrected chi connectivity index (χ0v) is 20.9. The van der Waals surface area contributed by atoms with E-state index in [0.29, 0.717) is 17.3 Å². The first-order valence-corrected chi connectivity index (χ1v) is 12.7. The first kappa shape index (κ1) is 24.2. The number of nitrogens with one attached hydrogen (secondary N) is 1. The van der Waals surface area contributed by atoms with E-state index in [1.54, 1.807) is 0 Å². The van der Waals surface area contributed by atoms with Crippen LogP contribution in [0.3, 0.4) is 0 Å². The van der Waals surface area contributed by atoms with Gasteiger partial charge in [-0.05, 0) is 80.1 Å². The second kappa shape index (κ2) is 11.4. The van der Waals surface area contributed by atoms with Gasteiger partial charge < -0.3 is 10.1 Å². The van der Waals surface area contributed by atoms with Crippen molar-refractivity contribution in [2.24, 2.45) is 11.0 Å². The second-order valence-electron chi connectivity index (χ2n) is 8.34. The highest BCUT2D eigenvalue weighted by Crippen LogP contribution is 2.28. The highest BCUT2D eigenvalue weighted by Gasteiger charge is 2.31. The Balaban J connectivity index is 1.44. The lowest BCUT2D eigenvalue weighted by atomic mass is 9.95. The largest absolute Gasteiger partial charge is 0.491 e. The van der Waals surface area contributed by atoms with Crippen molar-refractivity contribution >= 4 is 40.8 Å². The van der Waals surface area contributed by atoms with Crippen molar-refractivity contribution in [2.45, 2.75) is 31.3 Å². The monoisotopic (exact) mass is 493 g/mol. The normalized spacial score (nSPS) is 15.4. The number of rotatable bonds is 8. The molecule has 1 unspecified atom stereocenters. The molecule has 0 aromatic heterocycles. The van der Waals surface area contributed by atoms with Gasteiger partial charge in [0.1, 0.15) is 5.75 Å². The summed E-state index contributed by atoms with van der Waals surface area (Å²) in [5.74, 6) is 1.85. The summed E-state index contributed by atoms with van der Waals surface area (Å²) in [4.78, 5) is 14.2. The summed E-state index contributed by atoms with van der Waals surface area (Å²) in [6, 6.07) is 25.1. The van der Waals surface area contributed by atoms with E-state index in [2.05, 4.69) is 17.4 Å². The first-order chi connectivity index (χ1) is 16.5. The van der Waals surface area contributed by atoms with E-state index in [4.69, 9.17) is 21.4 Å². The van der Waals surface area contributed by atoms with Gasteiger partial charge in [-0.3, -0.25) is 0 Å². The van der Waals surface area contributed by atoms with Crippen molar-refractivity contribution in [3.63, 3.8) is 0 Å². The van der Waals surface area contributed by atoms with E-state index >= 15 is 0 Å². The molecule has 1 heterocycles. The summed E-state index contributed by atoms with van der Waals surface area (Å²) in [6.45, 7) is 4.50. The fourth-order valence-electron chi connectivity index (χ4n) is 3.73. The second-order valence-corrected chi connectivity index (χ2v) is 9.95. The number of thioether (sulfide) groups is 1. The van der Waals surface area contributed by atoms with E-state index < -0.39 is 0 Å². The van der Waals surface area contributed by atoms with Gasteiger partial charge in [-0.25, -0.2) is 9.80 Å². The summed E-state index contributed by atoms with van der Waals surface area (Å²) in [7, 11) is 0. The minimum Gasteiger partial charge on any atom is -0.491 e. The number of carbonyl (C=O) groups excluding carboxylic acids is 1. The zero-order chi connectivity index (χ0) is 23.9. The Morgan fingerprint density at radius 3 is 2.47 bits per heavy atom. The molecule has 0 fully saturated rings. The number of ether oxygens (including phenoxy) is 1. The van der Waals surface area contributed by atoms with Crippen LogP contribution in [0.25, 0.3) is 0 Å². The van der Waals surface area contributed by atoms with Crippen LogP contribution in [0.5, 0.6) is 5.75 Å². The Morgan fingerprint density at radius 2 is 1.79 bits per heavy atom. The highest BCUT2D eigenvalue weighted by molar-refractivity contribution is 7.99. The Bertz CT molecular complexity index is 1120. The Kier molecular flexibility index (Phi) is 8.14.